The molecule has 0 spiro atoms. The summed E-state index contributed by atoms with van der Waals surface area (Å²) >= 11 is 0. The molecule has 6 heteroatoms. The van der Waals surface area contributed by atoms with Gasteiger partial charge >= 0.3 is 0 Å². The van der Waals surface area contributed by atoms with Crippen molar-refractivity contribution in [2.24, 2.45) is 5.73 Å². The minimum absolute atomic E-state index is 0.146. The van der Waals surface area contributed by atoms with Crippen LogP contribution in [0.4, 0.5) is 5.69 Å². The fourth-order valence-corrected chi connectivity index (χ4v) is 1.46. The molecule has 0 aliphatic carbocycles. The van der Waals surface area contributed by atoms with Crippen LogP contribution in [0.5, 0.6) is 0 Å². The molecule has 0 saturated heterocycles. The van der Waals surface area contributed by atoms with Crippen molar-refractivity contribution in [2.45, 2.75) is 6.92 Å². The Hall–Kier alpha value is -2.08. The van der Waals surface area contributed by atoms with Crippen LogP contribution in [-0.2, 0) is 9.53 Å². The summed E-state index contributed by atoms with van der Waals surface area (Å²) in [6.07, 6.45) is 0. The maximum absolute atomic E-state index is 11.7. The zero-order valence-corrected chi connectivity index (χ0v) is 10.2. The summed E-state index contributed by atoms with van der Waals surface area (Å²) in [5, 5.41) is 2.66. The summed E-state index contributed by atoms with van der Waals surface area (Å²) in [5.41, 5.74) is 12.5. The third-order valence-electron chi connectivity index (χ3n) is 2.14. The van der Waals surface area contributed by atoms with Crippen molar-refractivity contribution < 1.29 is 14.3 Å². The summed E-state index contributed by atoms with van der Waals surface area (Å²) in [7, 11) is 0. The number of rotatable bonds is 6. The first-order valence-electron chi connectivity index (χ1n) is 5.50. The SMILES string of the molecule is Cc1cc(N)cc(C(=O)NCCOCC(N)=O)c1. The van der Waals surface area contributed by atoms with Gasteiger partial charge in [-0.15, -0.1) is 0 Å². The number of ether oxygens (including phenoxy) is 1. The Morgan fingerprint density at radius 1 is 1.33 bits per heavy atom. The van der Waals surface area contributed by atoms with Crippen molar-refractivity contribution in [1.82, 2.24) is 5.32 Å². The molecule has 5 N–H and O–H groups in total. The van der Waals surface area contributed by atoms with Gasteiger partial charge in [-0.2, -0.15) is 0 Å². The first-order chi connectivity index (χ1) is 8.49. The third-order valence-corrected chi connectivity index (χ3v) is 2.14. The monoisotopic (exact) mass is 251 g/mol. The Morgan fingerprint density at radius 3 is 2.67 bits per heavy atom. The van der Waals surface area contributed by atoms with Crippen molar-refractivity contribution in [1.29, 1.82) is 0 Å². The Morgan fingerprint density at radius 2 is 2.06 bits per heavy atom. The van der Waals surface area contributed by atoms with Crippen LogP contribution in [0.3, 0.4) is 0 Å². The Labute approximate surface area is 105 Å². The molecular formula is C12H17N3O3. The average molecular weight is 251 g/mol. The highest BCUT2D eigenvalue weighted by Crippen LogP contribution is 2.10. The number of carbonyl (C=O) groups excluding carboxylic acids is 2. The van der Waals surface area contributed by atoms with E-state index in [1.807, 2.05) is 6.92 Å². The van der Waals surface area contributed by atoms with Crippen LogP contribution in [-0.4, -0.2) is 31.6 Å². The number of nitrogens with two attached hydrogens (primary N) is 2. The fourth-order valence-electron chi connectivity index (χ4n) is 1.46. The van der Waals surface area contributed by atoms with Crippen molar-refractivity contribution in [3.63, 3.8) is 0 Å². The number of nitrogen functional groups attached to an aromatic ring is 1. The lowest BCUT2D eigenvalue weighted by Gasteiger charge is -2.07. The van der Waals surface area contributed by atoms with E-state index in [2.05, 4.69) is 5.32 Å². The molecular weight excluding hydrogens is 234 g/mol. The number of primary amides is 1. The van der Waals surface area contributed by atoms with Gasteiger partial charge in [0.1, 0.15) is 6.61 Å². The van der Waals surface area contributed by atoms with Crippen molar-refractivity contribution in [3.8, 4) is 0 Å². The molecule has 0 fully saturated rings. The van der Waals surface area contributed by atoms with E-state index < -0.39 is 5.91 Å². The highest BCUT2D eigenvalue weighted by molar-refractivity contribution is 5.95. The number of anilines is 1. The molecule has 2 amide bonds. The number of hydrogen-bond acceptors (Lipinski definition) is 4. The van der Waals surface area contributed by atoms with Crippen LogP contribution in [0.15, 0.2) is 18.2 Å². The van der Waals surface area contributed by atoms with E-state index in [4.69, 9.17) is 16.2 Å². The van der Waals surface area contributed by atoms with Gasteiger partial charge in [-0.1, -0.05) is 0 Å². The highest BCUT2D eigenvalue weighted by atomic mass is 16.5. The Kier molecular flexibility index (Phi) is 5.13. The van der Waals surface area contributed by atoms with E-state index in [1.165, 1.54) is 0 Å². The minimum Gasteiger partial charge on any atom is -0.399 e. The van der Waals surface area contributed by atoms with Gasteiger partial charge in [0.15, 0.2) is 0 Å². The lowest BCUT2D eigenvalue weighted by atomic mass is 10.1. The molecule has 0 bridgehead atoms. The smallest absolute Gasteiger partial charge is 0.251 e. The van der Waals surface area contributed by atoms with Gasteiger partial charge in [-0.3, -0.25) is 9.59 Å². The van der Waals surface area contributed by atoms with E-state index in [9.17, 15) is 9.59 Å². The molecule has 1 aromatic carbocycles. The maximum Gasteiger partial charge on any atom is 0.251 e. The van der Waals surface area contributed by atoms with Crippen LogP contribution in [0, 0.1) is 6.92 Å². The van der Waals surface area contributed by atoms with Crippen LogP contribution in [0.1, 0.15) is 15.9 Å². The standard InChI is InChI=1S/C12H17N3O3/c1-8-4-9(6-10(13)5-8)12(17)15-2-3-18-7-11(14)16/h4-6H,2-3,7,13H2,1H3,(H2,14,16)(H,15,17). The molecule has 0 heterocycles. The van der Waals surface area contributed by atoms with Crippen LogP contribution in [0.2, 0.25) is 0 Å². The molecule has 0 aliphatic rings. The zero-order valence-electron chi connectivity index (χ0n) is 10.2. The number of carbonyl (C=O) groups is 2. The fraction of sp³-hybridized carbons (Fsp3) is 0.333. The summed E-state index contributed by atoms with van der Waals surface area (Å²) in [6.45, 7) is 2.26. The van der Waals surface area contributed by atoms with E-state index in [0.29, 0.717) is 17.8 Å². The quantitative estimate of drug-likeness (QED) is 0.481. The third kappa shape index (κ3) is 4.84. The Balaban J connectivity index is 2.38. The molecule has 0 unspecified atom stereocenters. The molecule has 98 valence electrons. The lowest BCUT2D eigenvalue weighted by molar-refractivity contribution is -0.122. The summed E-state index contributed by atoms with van der Waals surface area (Å²) in [4.78, 5) is 22.1. The second kappa shape index (κ2) is 6.61. The molecule has 1 rings (SSSR count). The van der Waals surface area contributed by atoms with Crippen LogP contribution in [0.25, 0.3) is 0 Å². The van der Waals surface area contributed by atoms with E-state index >= 15 is 0 Å². The van der Waals surface area contributed by atoms with Crippen molar-refractivity contribution in [3.05, 3.63) is 29.3 Å². The van der Waals surface area contributed by atoms with Crippen LogP contribution < -0.4 is 16.8 Å². The van der Waals surface area contributed by atoms with Gasteiger partial charge in [-0.05, 0) is 30.7 Å². The molecule has 0 aromatic heterocycles. The maximum atomic E-state index is 11.7. The summed E-state index contributed by atoms with van der Waals surface area (Å²) < 4.78 is 4.91. The van der Waals surface area contributed by atoms with Gasteiger partial charge in [0, 0.05) is 17.8 Å². The zero-order chi connectivity index (χ0) is 13.5. The number of hydrogen-bond donors (Lipinski definition) is 3. The van der Waals surface area contributed by atoms with Gasteiger partial charge in [0.05, 0.1) is 6.61 Å². The second-order valence-electron chi connectivity index (χ2n) is 3.91. The summed E-state index contributed by atoms with van der Waals surface area (Å²) in [5.74, 6) is -0.763. The number of nitrogens with one attached hydrogen (secondary N) is 1. The van der Waals surface area contributed by atoms with Gasteiger partial charge < -0.3 is 21.5 Å². The van der Waals surface area contributed by atoms with Crippen molar-refractivity contribution in [2.75, 3.05) is 25.5 Å². The molecule has 6 nitrogen and oxygen atoms in total. The minimum atomic E-state index is -0.534. The van der Waals surface area contributed by atoms with Gasteiger partial charge in [-0.25, -0.2) is 0 Å². The second-order valence-corrected chi connectivity index (χ2v) is 3.91. The first-order valence-corrected chi connectivity index (χ1v) is 5.50. The van der Waals surface area contributed by atoms with E-state index in [1.54, 1.807) is 18.2 Å². The first kappa shape index (κ1) is 14.0. The van der Waals surface area contributed by atoms with E-state index in [0.717, 1.165) is 5.56 Å². The lowest BCUT2D eigenvalue weighted by Crippen LogP contribution is -2.28. The molecule has 0 saturated carbocycles. The van der Waals surface area contributed by atoms with E-state index in [-0.39, 0.29) is 19.1 Å². The highest BCUT2D eigenvalue weighted by Gasteiger charge is 2.06. The molecule has 0 aliphatic heterocycles. The predicted molar refractivity (Wildman–Crippen MR) is 67.9 cm³/mol. The molecule has 1 aromatic rings. The van der Waals surface area contributed by atoms with Gasteiger partial charge in [0.2, 0.25) is 5.91 Å². The number of aryl methyl sites for hydroxylation is 1. The average Bonchev–Trinajstić information content (AvgIpc) is 2.26. The number of amides is 2. The van der Waals surface area contributed by atoms with Crippen molar-refractivity contribution >= 4 is 17.5 Å². The predicted octanol–water partition coefficient (Wildman–Crippen LogP) is -0.191. The summed E-state index contributed by atoms with van der Waals surface area (Å²) in [6, 6.07) is 5.13. The largest absolute Gasteiger partial charge is 0.399 e. The van der Waals surface area contributed by atoms with Crippen LogP contribution >= 0.6 is 0 Å². The van der Waals surface area contributed by atoms with Gasteiger partial charge in [0.25, 0.3) is 5.91 Å². The topological polar surface area (TPSA) is 107 Å². The molecule has 0 atom stereocenters. The number of benzene rings is 1. The molecule has 0 radical (unpaired) electrons. The molecule has 18 heavy (non-hydrogen) atoms. The Bertz CT molecular complexity index is 426. The normalized spacial score (nSPS) is 10.1.